The molecule has 5 heterocycles. The number of hydrogen-bond acceptors (Lipinski definition) is 7. The van der Waals surface area contributed by atoms with Crippen molar-refractivity contribution < 1.29 is 0 Å². The summed E-state index contributed by atoms with van der Waals surface area (Å²) >= 11 is 0. The van der Waals surface area contributed by atoms with Crippen LogP contribution in [0.2, 0.25) is 0 Å². The molecule has 2 aromatic carbocycles. The zero-order chi connectivity index (χ0) is 22.5. The number of benzene rings is 2. The first-order chi connectivity index (χ1) is 16.8. The smallest absolute Gasteiger partial charge is 0.157 e. The first kappa shape index (κ1) is 19.0. The number of rotatable bonds is 4. The molecule has 2 aliphatic heterocycles. The van der Waals surface area contributed by atoms with Crippen molar-refractivity contribution in [2.45, 2.75) is 0 Å². The van der Waals surface area contributed by atoms with Gasteiger partial charge in [-0.25, -0.2) is 9.97 Å². The van der Waals surface area contributed by atoms with Crippen LogP contribution in [0.4, 0.5) is 11.4 Å². The summed E-state index contributed by atoms with van der Waals surface area (Å²) in [6, 6.07) is 16.4. The molecule has 5 aromatic rings. The summed E-state index contributed by atoms with van der Waals surface area (Å²) in [4.78, 5) is 34.2. The maximum atomic E-state index is 4.85. The Morgan fingerprint density at radius 1 is 0.706 bits per heavy atom. The fraction of sp³-hybridized carbons (Fsp3) is 0.160. The highest BCUT2D eigenvalue weighted by molar-refractivity contribution is 5.91. The van der Waals surface area contributed by atoms with Crippen LogP contribution in [-0.4, -0.2) is 63.8 Å². The lowest BCUT2D eigenvalue weighted by molar-refractivity contribution is 1.02. The molecule has 9 heteroatoms. The van der Waals surface area contributed by atoms with Gasteiger partial charge in [0.2, 0.25) is 0 Å². The lowest BCUT2D eigenvalue weighted by Crippen LogP contribution is -2.17. The molecule has 0 radical (unpaired) electrons. The van der Waals surface area contributed by atoms with Crippen molar-refractivity contribution in [3.05, 3.63) is 54.7 Å². The molecule has 2 N–H and O–H groups in total. The van der Waals surface area contributed by atoms with Gasteiger partial charge in [-0.15, -0.1) is 0 Å². The Morgan fingerprint density at radius 3 is 1.94 bits per heavy atom. The van der Waals surface area contributed by atoms with Crippen molar-refractivity contribution in [2.75, 3.05) is 36.0 Å². The predicted octanol–water partition coefficient (Wildman–Crippen LogP) is 3.86. The molecule has 0 amide bonds. The van der Waals surface area contributed by atoms with Gasteiger partial charge < -0.3 is 19.8 Å². The van der Waals surface area contributed by atoms with Crippen molar-refractivity contribution in [1.82, 2.24) is 24.9 Å². The number of hydrogen-bond donors (Lipinski definition) is 2. The largest absolute Gasteiger partial charge is 0.338 e. The number of anilines is 2. The van der Waals surface area contributed by atoms with Gasteiger partial charge in [-0.05, 0) is 48.5 Å². The van der Waals surface area contributed by atoms with E-state index < -0.39 is 0 Å². The molecule has 9 nitrogen and oxygen atoms in total. The maximum absolute atomic E-state index is 4.85. The van der Waals surface area contributed by atoms with Crippen LogP contribution in [0.1, 0.15) is 0 Å². The van der Waals surface area contributed by atoms with Crippen LogP contribution in [0.5, 0.6) is 0 Å². The lowest BCUT2D eigenvalue weighted by atomic mass is 10.2. The van der Waals surface area contributed by atoms with Crippen molar-refractivity contribution in [3.8, 4) is 22.9 Å². The second kappa shape index (κ2) is 7.51. The summed E-state index contributed by atoms with van der Waals surface area (Å²) < 4.78 is 0. The van der Waals surface area contributed by atoms with E-state index in [9.17, 15) is 0 Å². The van der Waals surface area contributed by atoms with E-state index in [2.05, 4.69) is 59.0 Å². The summed E-state index contributed by atoms with van der Waals surface area (Å²) in [7, 11) is 0. The number of aromatic nitrogens is 5. The van der Waals surface area contributed by atoms with Gasteiger partial charge in [-0.3, -0.25) is 15.0 Å². The van der Waals surface area contributed by atoms with Crippen LogP contribution in [-0.2, 0) is 0 Å². The minimum atomic E-state index is 0.715. The third-order valence-electron chi connectivity index (χ3n) is 6.26. The highest BCUT2D eigenvalue weighted by atomic mass is 15.2. The minimum Gasteiger partial charge on any atom is -0.338 e. The van der Waals surface area contributed by atoms with Crippen LogP contribution >= 0.6 is 0 Å². The summed E-state index contributed by atoms with van der Waals surface area (Å²) in [6.45, 7) is 3.46. The third-order valence-corrected chi connectivity index (χ3v) is 6.26. The van der Waals surface area contributed by atoms with Gasteiger partial charge in [0.05, 0.1) is 47.8 Å². The van der Waals surface area contributed by atoms with Gasteiger partial charge in [0, 0.05) is 36.2 Å². The zero-order valence-corrected chi connectivity index (χ0v) is 18.3. The minimum absolute atomic E-state index is 0.715. The van der Waals surface area contributed by atoms with Gasteiger partial charge in [0.1, 0.15) is 11.5 Å². The molecule has 0 spiro atoms. The molecule has 0 saturated carbocycles. The molecule has 0 fully saturated rings. The first-order valence-electron chi connectivity index (χ1n) is 11.3. The molecule has 3 aromatic heterocycles. The molecule has 0 aliphatic carbocycles. The molecular formula is C25H21N9. The first-order valence-corrected chi connectivity index (χ1v) is 11.3. The van der Waals surface area contributed by atoms with Crippen molar-refractivity contribution >= 4 is 46.1 Å². The highest BCUT2D eigenvalue weighted by Crippen LogP contribution is 2.31. The quantitative estimate of drug-likeness (QED) is 0.436. The Labute approximate surface area is 194 Å². The molecule has 0 unspecified atom stereocenters. The molecule has 0 saturated heterocycles. The van der Waals surface area contributed by atoms with E-state index in [-0.39, 0.29) is 0 Å². The van der Waals surface area contributed by atoms with E-state index >= 15 is 0 Å². The van der Waals surface area contributed by atoms with E-state index in [1.807, 2.05) is 36.9 Å². The lowest BCUT2D eigenvalue weighted by Gasteiger charge is -2.13. The molecule has 7 rings (SSSR count). The normalized spacial score (nSPS) is 15.4. The standard InChI is InChI=1S/C25H21N9/c1-2-18(24-29-19-5-3-16(12-21(19)31-24)33-10-8-26-14-33)23(28-7-1)25-30-20-6-4-17(13-22(20)32-25)34-11-9-27-15-34/h1-7,12-15H,8-11H2,(H,29,31)(H,30,32). The predicted molar refractivity (Wildman–Crippen MR) is 136 cm³/mol. The van der Waals surface area contributed by atoms with E-state index in [1.165, 1.54) is 0 Å². The molecule has 166 valence electrons. The number of aromatic amines is 2. The number of nitrogens with zero attached hydrogens (tertiary/aromatic N) is 7. The number of imidazole rings is 2. The Kier molecular flexibility index (Phi) is 4.20. The van der Waals surface area contributed by atoms with Crippen LogP contribution in [0.3, 0.4) is 0 Å². The number of fused-ring (bicyclic) bond motifs is 2. The maximum Gasteiger partial charge on any atom is 0.157 e. The summed E-state index contributed by atoms with van der Waals surface area (Å²) in [5.74, 6) is 1.48. The van der Waals surface area contributed by atoms with E-state index in [1.54, 1.807) is 6.20 Å². The Balaban J connectivity index is 1.29. The van der Waals surface area contributed by atoms with Crippen LogP contribution in [0, 0.1) is 0 Å². The number of nitrogens with one attached hydrogen (secondary N) is 2. The van der Waals surface area contributed by atoms with Gasteiger partial charge in [0.15, 0.2) is 5.82 Å². The van der Waals surface area contributed by atoms with Crippen molar-refractivity contribution in [2.24, 2.45) is 9.98 Å². The van der Waals surface area contributed by atoms with Gasteiger partial charge in [-0.1, -0.05) is 0 Å². The van der Waals surface area contributed by atoms with Crippen molar-refractivity contribution in [1.29, 1.82) is 0 Å². The van der Waals surface area contributed by atoms with E-state index in [0.717, 1.165) is 76.7 Å². The Bertz CT molecular complexity index is 1470. The van der Waals surface area contributed by atoms with Gasteiger partial charge in [-0.2, -0.15) is 0 Å². The zero-order valence-electron chi connectivity index (χ0n) is 18.3. The summed E-state index contributed by atoms with van der Waals surface area (Å²) in [5.41, 5.74) is 7.60. The topological polar surface area (TPSA) is 101 Å². The van der Waals surface area contributed by atoms with Crippen LogP contribution < -0.4 is 9.80 Å². The number of pyridine rings is 1. The average molecular weight is 448 g/mol. The fourth-order valence-corrected chi connectivity index (χ4v) is 4.53. The number of H-pyrrole nitrogens is 2. The van der Waals surface area contributed by atoms with E-state index in [0.29, 0.717) is 5.82 Å². The Morgan fingerprint density at radius 2 is 1.32 bits per heavy atom. The van der Waals surface area contributed by atoms with Gasteiger partial charge in [0.25, 0.3) is 0 Å². The molecule has 0 bridgehead atoms. The Hall–Kier alpha value is -4.53. The average Bonchev–Trinajstić information content (AvgIpc) is 3.69. The molecular weight excluding hydrogens is 426 g/mol. The van der Waals surface area contributed by atoms with Crippen LogP contribution in [0.25, 0.3) is 45.0 Å². The second-order valence-electron chi connectivity index (χ2n) is 8.40. The number of aliphatic imine (C=N–C) groups is 2. The molecule has 34 heavy (non-hydrogen) atoms. The van der Waals surface area contributed by atoms with Crippen LogP contribution in [0.15, 0.2) is 64.7 Å². The SMILES string of the molecule is C1=NCCN1c1ccc2nc(-c3cccnc3-c3nc4ccc(N5C=NCC5)cc4[nH]3)[nH]c2c1. The van der Waals surface area contributed by atoms with E-state index in [4.69, 9.17) is 9.97 Å². The third kappa shape index (κ3) is 3.13. The second-order valence-corrected chi connectivity index (χ2v) is 8.40. The fourth-order valence-electron chi connectivity index (χ4n) is 4.53. The monoisotopic (exact) mass is 447 g/mol. The van der Waals surface area contributed by atoms with Gasteiger partial charge >= 0.3 is 0 Å². The summed E-state index contributed by atoms with van der Waals surface area (Å²) in [5, 5.41) is 0. The summed E-state index contributed by atoms with van der Waals surface area (Å²) in [6.07, 6.45) is 5.56. The molecule has 2 aliphatic rings. The molecule has 0 atom stereocenters. The highest BCUT2D eigenvalue weighted by Gasteiger charge is 2.17. The van der Waals surface area contributed by atoms with Crippen molar-refractivity contribution in [3.63, 3.8) is 0 Å².